The summed E-state index contributed by atoms with van der Waals surface area (Å²) in [5.41, 5.74) is 0.784. The fraction of sp³-hybridized carbons (Fsp3) is 0.409. The third-order valence-electron chi connectivity index (χ3n) is 5.32. The van der Waals surface area contributed by atoms with Gasteiger partial charge in [0.25, 0.3) is 0 Å². The van der Waals surface area contributed by atoms with Crippen molar-refractivity contribution in [2.24, 2.45) is 4.99 Å². The molecule has 0 amide bonds. The fourth-order valence-corrected chi connectivity index (χ4v) is 3.68. The van der Waals surface area contributed by atoms with Crippen LogP contribution >= 0.6 is 0 Å². The number of aliphatic imine (C=N–C) groups is 1. The number of nitrogens with one attached hydrogen (secondary N) is 3. The predicted molar refractivity (Wildman–Crippen MR) is 117 cm³/mol. The number of hydrogen-bond acceptors (Lipinski definition) is 5. The molecule has 3 heterocycles. The third-order valence-corrected chi connectivity index (χ3v) is 5.32. The quantitative estimate of drug-likeness (QED) is 0.384. The molecule has 170 valence electrons. The molecule has 4 rings (SSSR count). The van der Waals surface area contributed by atoms with Crippen LogP contribution in [0.15, 0.2) is 46.0 Å². The molecule has 1 aliphatic heterocycles. The maximum Gasteiger partial charge on any atom is 0.216 e. The van der Waals surface area contributed by atoms with Crippen LogP contribution in [-0.2, 0) is 13.1 Å². The van der Waals surface area contributed by atoms with Gasteiger partial charge in [-0.15, -0.1) is 5.10 Å². The highest BCUT2D eigenvalue weighted by atomic mass is 19.2. The number of aromatic nitrogens is 3. The van der Waals surface area contributed by atoms with Crippen LogP contribution < -0.4 is 10.6 Å². The highest BCUT2D eigenvalue weighted by Gasteiger charge is 2.20. The summed E-state index contributed by atoms with van der Waals surface area (Å²) < 4.78 is 31.9. The average Bonchev–Trinajstić information content (AvgIpc) is 3.48. The van der Waals surface area contributed by atoms with E-state index in [1.165, 1.54) is 12.1 Å². The Kier molecular flexibility index (Phi) is 7.10. The summed E-state index contributed by atoms with van der Waals surface area (Å²) in [5, 5.41) is 13.8. The SMILES string of the molecule is CCNC(=NCc1nc(-c2ccco2)n[nH]1)NC1CCN(Cc2ccc(F)c(F)c2)CC1. The Morgan fingerprint density at radius 1 is 1.25 bits per heavy atom. The van der Waals surface area contributed by atoms with E-state index >= 15 is 0 Å². The molecule has 2 aromatic heterocycles. The smallest absolute Gasteiger partial charge is 0.216 e. The van der Waals surface area contributed by atoms with Gasteiger partial charge in [-0.3, -0.25) is 10.00 Å². The molecule has 3 aromatic rings. The number of piperidine rings is 1. The average molecular weight is 444 g/mol. The summed E-state index contributed by atoms with van der Waals surface area (Å²) in [6.45, 7) is 5.47. The summed E-state index contributed by atoms with van der Waals surface area (Å²) in [4.78, 5) is 11.3. The van der Waals surface area contributed by atoms with Gasteiger partial charge in [0.2, 0.25) is 5.82 Å². The molecule has 1 aromatic carbocycles. The molecule has 0 unspecified atom stereocenters. The molecular weight excluding hydrogens is 416 g/mol. The minimum atomic E-state index is -0.811. The first-order valence-electron chi connectivity index (χ1n) is 10.8. The van der Waals surface area contributed by atoms with Crippen LogP contribution in [0, 0.1) is 11.6 Å². The van der Waals surface area contributed by atoms with E-state index < -0.39 is 11.6 Å². The Hall–Kier alpha value is -3.27. The highest BCUT2D eigenvalue weighted by molar-refractivity contribution is 5.80. The fourth-order valence-electron chi connectivity index (χ4n) is 3.68. The lowest BCUT2D eigenvalue weighted by Crippen LogP contribution is -2.48. The van der Waals surface area contributed by atoms with Gasteiger partial charge in [-0.1, -0.05) is 6.07 Å². The summed E-state index contributed by atoms with van der Waals surface area (Å²) in [6, 6.07) is 7.98. The standard InChI is InChI=1S/C22H27F2N7O/c1-2-25-22(26-13-20-28-21(30-29-20)19-4-3-11-32-19)27-16-7-9-31(10-8-16)14-15-5-6-17(23)18(24)12-15/h3-6,11-12,16H,2,7-10,13-14H2,1H3,(H2,25,26,27)(H,28,29,30). The van der Waals surface area contributed by atoms with Crippen LogP contribution in [0.25, 0.3) is 11.6 Å². The largest absolute Gasteiger partial charge is 0.461 e. The molecule has 3 N–H and O–H groups in total. The Bertz CT molecular complexity index is 1030. The van der Waals surface area contributed by atoms with E-state index in [-0.39, 0.29) is 6.04 Å². The first-order valence-corrected chi connectivity index (χ1v) is 10.8. The summed E-state index contributed by atoms with van der Waals surface area (Å²) in [6.07, 6.45) is 3.44. The molecule has 0 aliphatic carbocycles. The van der Waals surface area contributed by atoms with Crippen molar-refractivity contribution in [1.29, 1.82) is 0 Å². The van der Waals surface area contributed by atoms with Crippen molar-refractivity contribution in [1.82, 2.24) is 30.7 Å². The number of H-pyrrole nitrogens is 1. The van der Waals surface area contributed by atoms with E-state index in [0.29, 0.717) is 30.5 Å². The van der Waals surface area contributed by atoms with E-state index in [1.54, 1.807) is 24.5 Å². The second kappa shape index (κ2) is 10.4. The number of guanidine groups is 1. The third kappa shape index (κ3) is 5.70. The van der Waals surface area contributed by atoms with Gasteiger partial charge in [0.05, 0.1) is 6.26 Å². The molecular formula is C22H27F2N7O. The lowest BCUT2D eigenvalue weighted by Gasteiger charge is -2.33. The molecule has 0 spiro atoms. The number of benzene rings is 1. The Labute approximate surface area is 185 Å². The van der Waals surface area contributed by atoms with E-state index in [0.717, 1.165) is 44.0 Å². The van der Waals surface area contributed by atoms with Crippen molar-refractivity contribution in [3.8, 4) is 11.6 Å². The number of halogens is 2. The number of nitrogens with zero attached hydrogens (tertiary/aromatic N) is 4. The number of aromatic amines is 1. The lowest BCUT2D eigenvalue weighted by atomic mass is 10.0. The van der Waals surface area contributed by atoms with E-state index in [4.69, 9.17) is 4.42 Å². The minimum Gasteiger partial charge on any atom is -0.461 e. The molecule has 0 bridgehead atoms. The van der Waals surface area contributed by atoms with Crippen molar-refractivity contribution in [3.63, 3.8) is 0 Å². The van der Waals surface area contributed by atoms with E-state index in [1.807, 2.05) is 6.92 Å². The van der Waals surface area contributed by atoms with Gasteiger partial charge < -0.3 is 15.1 Å². The lowest BCUT2D eigenvalue weighted by molar-refractivity contribution is 0.198. The molecule has 0 saturated carbocycles. The van der Waals surface area contributed by atoms with E-state index in [9.17, 15) is 8.78 Å². The molecule has 0 radical (unpaired) electrons. The molecule has 1 fully saturated rings. The van der Waals surface area contributed by atoms with Crippen molar-refractivity contribution in [3.05, 3.63) is 59.6 Å². The molecule has 1 aliphatic rings. The maximum atomic E-state index is 13.4. The van der Waals surface area contributed by atoms with E-state index in [2.05, 4.69) is 35.7 Å². The van der Waals surface area contributed by atoms with Crippen molar-refractivity contribution >= 4 is 5.96 Å². The predicted octanol–water partition coefficient (Wildman–Crippen LogP) is 3.06. The first kappa shape index (κ1) is 21.9. The number of likely N-dealkylation sites (tertiary alicyclic amines) is 1. The highest BCUT2D eigenvalue weighted by Crippen LogP contribution is 2.16. The first-order chi connectivity index (χ1) is 15.6. The van der Waals surface area contributed by atoms with Crippen molar-refractivity contribution in [2.75, 3.05) is 19.6 Å². The minimum absolute atomic E-state index is 0.280. The van der Waals surface area contributed by atoms with Crippen LogP contribution in [0.4, 0.5) is 8.78 Å². The summed E-state index contributed by atoms with van der Waals surface area (Å²) in [7, 11) is 0. The second-order valence-corrected chi connectivity index (χ2v) is 7.72. The van der Waals surface area contributed by atoms with Gasteiger partial charge in [-0.2, -0.15) is 0 Å². The van der Waals surface area contributed by atoms with Gasteiger partial charge in [-0.05, 0) is 49.6 Å². The Morgan fingerprint density at radius 3 is 2.81 bits per heavy atom. The topological polar surface area (TPSA) is 94.4 Å². The van der Waals surface area contributed by atoms with Crippen LogP contribution in [0.5, 0.6) is 0 Å². The summed E-state index contributed by atoms with van der Waals surface area (Å²) >= 11 is 0. The number of furan rings is 1. The summed E-state index contributed by atoms with van der Waals surface area (Å²) in [5.74, 6) is 0.878. The molecule has 10 heteroatoms. The second-order valence-electron chi connectivity index (χ2n) is 7.72. The number of hydrogen-bond donors (Lipinski definition) is 3. The maximum absolute atomic E-state index is 13.4. The van der Waals surface area contributed by atoms with Crippen LogP contribution in [0.2, 0.25) is 0 Å². The zero-order valence-electron chi connectivity index (χ0n) is 17.9. The molecule has 1 saturated heterocycles. The number of rotatable bonds is 7. The van der Waals surface area contributed by atoms with Gasteiger partial charge in [0.1, 0.15) is 12.4 Å². The van der Waals surface area contributed by atoms with Gasteiger partial charge in [0.15, 0.2) is 23.4 Å². The molecule has 8 nitrogen and oxygen atoms in total. The van der Waals surface area contributed by atoms with Gasteiger partial charge >= 0.3 is 0 Å². The van der Waals surface area contributed by atoms with Crippen LogP contribution in [-0.4, -0.2) is 51.7 Å². The Balaban J connectivity index is 1.28. The zero-order chi connectivity index (χ0) is 22.3. The van der Waals surface area contributed by atoms with Gasteiger partial charge in [0, 0.05) is 32.2 Å². The van der Waals surface area contributed by atoms with Crippen molar-refractivity contribution < 1.29 is 13.2 Å². The van der Waals surface area contributed by atoms with Gasteiger partial charge in [-0.25, -0.2) is 18.8 Å². The van der Waals surface area contributed by atoms with Crippen molar-refractivity contribution in [2.45, 2.75) is 38.9 Å². The van der Waals surface area contributed by atoms with Crippen LogP contribution in [0.1, 0.15) is 31.2 Å². The molecule has 0 atom stereocenters. The zero-order valence-corrected chi connectivity index (χ0v) is 17.9. The molecule has 32 heavy (non-hydrogen) atoms. The monoisotopic (exact) mass is 443 g/mol. The Morgan fingerprint density at radius 2 is 2.09 bits per heavy atom. The normalized spacial score (nSPS) is 15.8. The van der Waals surface area contributed by atoms with Crippen LogP contribution in [0.3, 0.4) is 0 Å².